The van der Waals surface area contributed by atoms with Crippen LogP contribution >= 0.6 is 0 Å². The lowest BCUT2D eigenvalue weighted by Gasteiger charge is -2.35. The maximum absolute atomic E-state index is 13.5. The number of benzene rings is 2. The standard InChI is InChI=1S/C27H25N3O3/c1-33-23-12-10-20(11-13-23)24-19-22-9-5-6-14-30(22)25(24)26(31)27(32)29-17-15-28(16-18-29)21-7-3-2-4-8-21/h2-14,19H,15-18H2,1H3. The van der Waals surface area contributed by atoms with Crippen molar-refractivity contribution in [1.29, 1.82) is 0 Å². The van der Waals surface area contributed by atoms with Crippen molar-refractivity contribution < 1.29 is 14.3 Å². The summed E-state index contributed by atoms with van der Waals surface area (Å²) >= 11 is 0. The second-order valence-electron chi connectivity index (χ2n) is 8.07. The van der Waals surface area contributed by atoms with Crippen LogP contribution in [-0.2, 0) is 4.79 Å². The van der Waals surface area contributed by atoms with Gasteiger partial charge in [-0.1, -0.05) is 36.4 Å². The number of fused-ring (bicyclic) bond motifs is 1. The number of aromatic nitrogens is 1. The Kier molecular flexibility index (Phi) is 5.57. The Bertz CT molecular complexity index is 1290. The largest absolute Gasteiger partial charge is 0.497 e. The molecular weight excluding hydrogens is 414 g/mol. The van der Waals surface area contributed by atoms with E-state index in [1.165, 1.54) is 0 Å². The van der Waals surface area contributed by atoms with E-state index in [9.17, 15) is 9.59 Å². The van der Waals surface area contributed by atoms with Gasteiger partial charge in [-0.25, -0.2) is 0 Å². The monoisotopic (exact) mass is 439 g/mol. The van der Waals surface area contributed by atoms with Crippen molar-refractivity contribution in [1.82, 2.24) is 9.30 Å². The molecule has 1 aliphatic rings. The number of carbonyl (C=O) groups is 2. The number of para-hydroxylation sites is 1. The van der Waals surface area contributed by atoms with Crippen molar-refractivity contribution in [2.75, 3.05) is 38.2 Å². The van der Waals surface area contributed by atoms with Gasteiger partial charge in [0.25, 0.3) is 11.7 Å². The molecule has 6 nitrogen and oxygen atoms in total. The van der Waals surface area contributed by atoms with Gasteiger partial charge >= 0.3 is 0 Å². The molecule has 0 atom stereocenters. The molecule has 0 N–H and O–H groups in total. The Labute approximate surface area is 192 Å². The first-order valence-corrected chi connectivity index (χ1v) is 11.0. The molecule has 3 heterocycles. The second kappa shape index (κ2) is 8.82. The minimum absolute atomic E-state index is 0.395. The van der Waals surface area contributed by atoms with Crippen molar-refractivity contribution in [3.8, 4) is 16.9 Å². The molecular formula is C27H25N3O3. The fourth-order valence-corrected chi connectivity index (χ4v) is 4.40. The maximum atomic E-state index is 13.5. The number of hydrogen-bond acceptors (Lipinski definition) is 4. The van der Waals surface area contributed by atoms with Crippen LogP contribution in [0, 0.1) is 0 Å². The first kappa shape index (κ1) is 20.8. The van der Waals surface area contributed by atoms with Crippen LogP contribution in [0.3, 0.4) is 0 Å². The number of pyridine rings is 1. The fourth-order valence-electron chi connectivity index (χ4n) is 4.40. The van der Waals surface area contributed by atoms with Crippen LogP contribution in [0.2, 0.25) is 0 Å². The van der Waals surface area contributed by atoms with E-state index < -0.39 is 11.7 Å². The Morgan fingerprint density at radius 1 is 0.818 bits per heavy atom. The number of rotatable bonds is 5. The highest BCUT2D eigenvalue weighted by molar-refractivity contribution is 6.43. The molecule has 0 bridgehead atoms. The molecule has 33 heavy (non-hydrogen) atoms. The van der Waals surface area contributed by atoms with E-state index in [4.69, 9.17) is 4.74 Å². The van der Waals surface area contributed by atoms with E-state index in [2.05, 4.69) is 17.0 Å². The molecule has 1 fully saturated rings. The summed E-state index contributed by atoms with van der Waals surface area (Å²) in [5, 5.41) is 0. The van der Waals surface area contributed by atoms with E-state index in [0.717, 1.165) is 28.1 Å². The molecule has 5 rings (SSSR count). The van der Waals surface area contributed by atoms with Crippen molar-refractivity contribution in [3.63, 3.8) is 0 Å². The highest BCUT2D eigenvalue weighted by Gasteiger charge is 2.30. The number of ketones is 1. The van der Waals surface area contributed by atoms with Crippen LogP contribution in [0.4, 0.5) is 5.69 Å². The number of nitrogens with zero attached hydrogens (tertiary/aromatic N) is 3. The zero-order chi connectivity index (χ0) is 22.8. The molecule has 2 aromatic carbocycles. The summed E-state index contributed by atoms with van der Waals surface area (Å²) in [5.41, 5.74) is 4.00. The second-order valence-corrected chi connectivity index (χ2v) is 8.07. The third-order valence-electron chi connectivity index (χ3n) is 6.18. The van der Waals surface area contributed by atoms with Crippen molar-refractivity contribution in [2.45, 2.75) is 0 Å². The molecule has 0 spiro atoms. The molecule has 166 valence electrons. The quantitative estimate of drug-likeness (QED) is 0.346. The molecule has 0 radical (unpaired) electrons. The van der Waals surface area contributed by atoms with Gasteiger partial charge in [0, 0.05) is 49.1 Å². The lowest BCUT2D eigenvalue weighted by molar-refractivity contribution is -0.126. The SMILES string of the molecule is COc1ccc(-c2cc3ccccn3c2C(=O)C(=O)N2CCN(c3ccccc3)CC2)cc1. The predicted octanol–water partition coefficient (Wildman–Crippen LogP) is 4.15. The van der Waals surface area contributed by atoms with E-state index in [0.29, 0.717) is 31.9 Å². The predicted molar refractivity (Wildman–Crippen MR) is 129 cm³/mol. The van der Waals surface area contributed by atoms with Gasteiger partial charge in [-0.3, -0.25) is 9.59 Å². The summed E-state index contributed by atoms with van der Waals surface area (Å²) in [6.45, 7) is 2.42. The molecule has 2 aromatic heterocycles. The van der Waals surface area contributed by atoms with Gasteiger partial charge in [0.05, 0.1) is 7.11 Å². The minimum Gasteiger partial charge on any atom is -0.497 e. The van der Waals surface area contributed by atoms with E-state index >= 15 is 0 Å². The molecule has 0 saturated carbocycles. The van der Waals surface area contributed by atoms with Gasteiger partial charge in [-0.05, 0) is 48.0 Å². The Hall–Kier alpha value is -4.06. The third-order valence-corrected chi connectivity index (χ3v) is 6.18. The smallest absolute Gasteiger partial charge is 0.296 e. The highest BCUT2D eigenvalue weighted by Crippen LogP contribution is 2.30. The minimum atomic E-state index is -0.486. The summed E-state index contributed by atoms with van der Waals surface area (Å²) in [7, 11) is 1.62. The number of carbonyl (C=O) groups excluding carboxylic acids is 2. The Balaban J connectivity index is 1.42. The van der Waals surface area contributed by atoms with Gasteiger partial charge in [0.2, 0.25) is 0 Å². The molecule has 4 aromatic rings. The van der Waals surface area contributed by atoms with Crippen LogP contribution in [-0.4, -0.2) is 54.3 Å². The van der Waals surface area contributed by atoms with Gasteiger partial charge < -0.3 is 18.9 Å². The summed E-state index contributed by atoms with van der Waals surface area (Å²) in [5.74, 6) is -0.204. The summed E-state index contributed by atoms with van der Waals surface area (Å²) in [6.07, 6.45) is 1.83. The first-order valence-electron chi connectivity index (χ1n) is 11.0. The van der Waals surface area contributed by atoms with Gasteiger partial charge in [-0.15, -0.1) is 0 Å². The van der Waals surface area contributed by atoms with Crippen molar-refractivity contribution >= 4 is 22.9 Å². The van der Waals surface area contributed by atoms with Crippen LogP contribution in [0.1, 0.15) is 10.5 Å². The van der Waals surface area contributed by atoms with Crippen LogP contribution in [0.25, 0.3) is 16.6 Å². The molecule has 1 aliphatic heterocycles. The zero-order valence-corrected chi connectivity index (χ0v) is 18.5. The fraction of sp³-hybridized carbons (Fsp3) is 0.185. The van der Waals surface area contributed by atoms with Crippen molar-refractivity contribution in [3.05, 3.63) is 90.8 Å². The Morgan fingerprint density at radius 2 is 1.52 bits per heavy atom. The number of ether oxygens (including phenoxy) is 1. The Morgan fingerprint density at radius 3 is 2.21 bits per heavy atom. The summed E-state index contributed by atoms with van der Waals surface area (Å²) < 4.78 is 7.07. The van der Waals surface area contributed by atoms with Crippen LogP contribution in [0.5, 0.6) is 5.75 Å². The third kappa shape index (κ3) is 3.96. The number of amides is 1. The number of anilines is 1. The van der Waals surface area contributed by atoms with Crippen LogP contribution in [0.15, 0.2) is 85.1 Å². The number of piperazine rings is 1. The molecule has 1 saturated heterocycles. The average Bonchev–Trinajstić information content (AvgIpc) is 3.28. The van der Waals surface area contributed by atoms with E-state index in [1.807, 2.05) is 72.9 Å². The normalized spacial score (nSPS) is 13.8. The molecule has 1 amide bonds. The van der Waals surface area contributed by atoms with Gasteiger partial charge in [-0.2, -0.15) is 0 Å². The van der Waals surface area contributed by atoms with Crippen LogP contribution < -0.4 is 9.64 Å². The molecule has 6 heteroatoms. The zero-order valence-electron chi connectivity index (χ0n) is 18.5. The maximum Gasteiger partial charge on any atom is 0.296 e. The summed E-state index contributed by atoms with van der Waals surface area (Å²) in [4.78, 5) is 30.7. The topological polar surface area (TPSA) is 54.3 Å². The van der Waals surface area contributed by atoms with Gasteiger partial charge in [0.1, 0.15) is 11.4 Å². The van der Waals surface area contributed by atoms with E-state index in [1.54, 1.807) is 16.4 Å². The molecule has 0 unspecified atom stereocenters. The lowest BCUT2D eigenvalue weighted by atomic mass is 10.0. The number of methoxy groups -OCH3 is 1. The number of hydrogen-bond donors (Lipinski definition) is 0. The van der Waals surface area contributed by atoms with Gasteiger partial charge in [0.15, 0.2) is 0 Å². The molecule has 0 aliphatic carbocycles. The van der Waals surface area contributed by atoms with E-state index in [-0.39, 0.29) is 0 Å². The lowest BCUT2D eigenvalue weighted by Crippen LogP contribution is -2.50. The van der Waals surface area contributed by atoms with Crippen molar-refractivity contribution in [2.24, 2.45) is 0 Å². The average molecular weight is 440 g/mol. The highest BCUT2D eigenvalue weighted by atomic mass is 16.5. The summed E-state index contributed by atoms with van der Waals surface area (Å²) in [6, 6.07) is 25.4. The first-order chi connectivity index (χ1) is 16.2. The number of Topliss-reactive ketones (excluding diaryl/α,β-unsaturated/α-hetero) is 1.